The van der Waals surface area contributed by atoms with Crippen LogP contribution in [0.15, 0.2) is 72.8 Å². The summed E-state index contributed by atoms with van der Waals surface area (Å²) in [5.41, 5.74) is 6.37. The molecule has 0 atom stereocenters. The Kier molecular flexibility index (Phi) is 7.19. The molecule has 190 valence electrons. The minimum atomic E-state index is -0.0553. The van der Waals surface area contributed by atoms with Crippen LogP contribution >= 0.6 is 11.6 Å². The second-order valence-corrected chi connectivity index (χ2v) is 9.66. The zero-order valence-corrected chi connectivity index (χ0v) is 22.2. The number of amides is 1. The highest BCUT2D eigenvalue weighted by Gasteiger charge is 2.27. The average molecular weight is 515 g/mol. The number of hydrogen-bond donors (Lipinski definition) is 0. The molecular formula is C30H31ClN4O2. The molecule has 3 aromatic carbocycles. The highest BCUT2D eigenvalue weighted by Crippen LogP contribution is 2.30. The zero-order chi connectivity index (χ0) is 25.9. The van der Waals surface area contributed by atoms with Gasteiger partial charge in [0, 0.05) is 31.7 Å². The van der Waals surface area contributed by atoms with Crippen molar-refractivity contribution in [2.75, 3.05) is 37.7 Å². The Bertz CT molecular complexity index is 1420. The molecule has 37 heavy (non-hydrogen) atoms. The molecule has 0 spiro atoms. The van der Waals surface area contributed by atoms with Gasteiger partial charge >= 0.3 is 0 Å². The zero-order valence-electron chi connectivity index (χ0n) is 21.4. The van der Waals surface area contributed by atoms with E-state index in [1.807, 2.05) is 66.4 Å². The summed E-state index contributed by atoms with van der Waals surface area (Å²) < 4.78 is 7.51. The van der Waals surface area contributed by atoms with Crippen molar-refractivity contribution in [2.45, 2.75) is 20.8 Å². The van der Waals surface area contributed by atoms with Gasteiger partial charge < -0.3 is 14.5 Å². The van der Waals surface area contributed by atoms with Gasteiger partial charge in [0.1, 0.15) is 11.4 Å². The minimum Gasteiger partial charge on any atom is -0.492 e. The van der Waals surface area contributed by atoms with Crippen molar-refractivity contribution in [1.82, 2.24) is 14.7 Å². The van der Waals surface area contributed by atoms with Crippen molar-refractivity contribution in [1.29, 1.82) is 0 Å². The lowest BCUT2D eigenvalue weighted by Crippen LogP contribution is -2.49. The van der Waals surface area contributed by atoms with E-state index in [0.717, 1.165) is 35.8 Å². The number of aromatic nitrogens is 2. The van der Waals surface area contributed by atoms with Crippen molar-refractivity contribution in [3.63, 3.8) is 0 Å². The van der Waals surface area contributed by atoms with E-state index in [1.54, 1.807) is 4.68 Å². The summed E-state index contributed by atoms with van der Waals surface area (Å²) in [5.74, 6) is 0.819. The number of anilines is 1. The number of hydrogen-bond acceptors (Lipinski definition) is 4. The van der Waals surface area contributed by atoms with Gasteiger partial charge in [-0.1, -0.05) is 48.0 Å². The molecule has 1 aromatic heterocycles. The van der Waals surface area contributed by atoms with Crippen LogP contribution in [0.3, 0.4) is 0 Å². The first kappa shape index (κ1) is 24.9. The molecule has 1 aliphatic rings. The molecule has 0 bridgehead atoms. The van der Waals surface area contributed by atoms with Crippen LogP contribution in [0.1, 0.15) is 28.5 Å². The second-order valence-electron chi connectivity index (χ2n) is 9.26. The predicted octanol–water partition coefficient (Wildman–Crippen LogP) is 6.17. The number of carbonyl (C=O) groups excluding carboxylic acids is 1. The standard InChI is InChI=1S/C30H31ClN4O2/c1-4-37-29-12-8-7-11-27(29)33-15-17-34(18-16-33)30(36)28-20-25(23-14-13-21(2)22(3)19-23)32-35(28)26-10-6-5-9-24(26)31/h5-14,19-20H,4,15-18H2,1-3H3. The number of piperazine rings is 1. The Morgan fingerprint density at radius 1 is 0.892 bits per heavy atom. The van der Waals surface area contributed by atoms with Gasteiger partial charge in [0.15, 0.2) is 0 Å². The van der Waals surface area contributed by atoms with Crippen molar-refractivity contribution in [3.05, 3.63) is 94.6 Å². The maximum absolute atomic E-state index is 13.9. The van der Waals surface area contributed by atoms with Crippen molar-refractivity contribution < 1.29 is 9.53 Å². The van der Waals surface area contributed by atoms with Crippen molar-refractivity contribution >= 4 is 23.2 Å². The molecule has 2 heterocycles. The summed E-state index contributed by atoms with van der Waals surface area (Å²) in [7, 11) is 0. The van der Waals surface area contributed by atoms with E-state index >= 15 is 0 Å². The van der Waals surface area contributed by atoms with Crippen molar-refractivity contribution in [2.24, 2.45) is 0 Å². The first-order valence-corrected chi connectivity index (χ1v) is 13.0. The molecule has 0 N–H and O–H groups in total. The Morgan fingerprint density at radius 3 is 2.30 bits per heavy atom. The van der Waals surface area contributed by atoms with Crippen LogP contribution < -0.4 is 9.64 Å². The summed E-state index contributed by atoms with van der Waals surface area (Å²) in [6, 6.07) is 23.7. The van der Waals surface area contributed by atoms with Crippen LogP contribution in [0.5, 0.6) is 5.75 Å². The summed E-state index contributed by atoms with van der Waals surface area (Å²) in [5, 5.41) is 5.40. The molecule has 1 aliphatic heterocycles. The molecule has 4 aromatic rings. The molecule has 7 heteroatoms. The van der Waals surface area contributed by atoms with Crippen LogP contribution in [0.2, 0.25) is 5.02 Å². The van der Waals surface area contributed by atoms with Crippen LogP contribution in [0.4, 0.5) is 5.69 Å². The van der Waals surface area contributed by atoms with Gasteiger partial charge in [-0.25, -0.2) is 4.68 Å². The molecule has 0 unspecified atom stereocenters. The highest BCUT2D eigenvalue weighted by molar-refractivity contribution is 6.32. The van der Waals surface area contributed by atoms with E-state index in [-0.39, 0.29) is 5.91 Å². The van der Waals surface area contributed by atoms with Crippen LogP contribution in [-0.4, -0.2) is 53.4 Å². The van der Waals surface area contributed by atoms with Crippen LogP contribution in [0, 0.1) is 13.8 Å². The van der Waals surface area contributed by atoms with Crippen LogP contribution in [-0.2, 0) is 0 Å². The second kappa shape index (κ2) is 10.7. The summed E-state index contributed by atoms with van der Waals surface area (Å²) in [4.78, 5) is 18.0. The lowest BCUT2D eigenvalue weighted by Gasteiger charge is -2.36. The Balaban J connectivity index is 1.44. The van der Waals surface area contributed by atoms with E-state index in [2.05, 4.69) is 36.9 Å². The lowest BCUT2D eigenvalue weighted by atomic mass is 10.0. The van der Waals surface area contributed by atoms with Gasteiger partial charge in [-0.3, -0.25) is 4.79 Å². The van der Waals surface area contributed by atoms with E-state index < -0.39 is 0 Å². The average Bonchev–Trinajstić information content (AvgIpc) is 3.36. The summed E-state index contributed by atoms with van der Waals surface area (Å²) >= 11 is 6.55. The fourth-order valence-electron chi connectivity index (χ4n) is 4.69. The molecule has 6 nitrogen and oxygen atoms in total. The third kappa shape index (κ3) is 5.07. The number of para-hydroxylation sites is 3. The van der Waals surface area contributed by atoms with Gasteiger partial charge in [0.05, 0.1) is 28.7 Å². The van der Waals surface area contributed by atoms with E-state index in [4.69, 9.17) is 21.4 Å². The number of carbonyl (C=O) groups is 1. The smallest absolute Gasteiger partial charge is 0.272 e. The summed E-state index contributed by atoms with van der Waals surface area (Å²) in [6.07, 6.45) is 0. The largest absolute Gasteiger partial charge is 0.492 e. The summed E-state index contributed by atoms with van der Waals surface area (Å²) in [6.45, 7) is 9.42. The van der Waals surface area contributed by atoms with Gasteiger partial charge in [0.25, 0.3) is 5.91 Å². The number of rotatable bonds is 6. The quantitative estimate of drug-likeness (QED) is 0.309. The molecule has 1 fully saturated rings. The Hall–Kier alpha value is -3.77. The lowest BCUT2D eigenvalue weighted by molar-refractivity contribution is 0.0737. The Labute approximate surface area is 223 Å². The topological polar surface area (TPSA) is 50.6 Å². The highest BCUT2D eigenvalue weighted by atomic mass is 35.5. The van der Waals surface area contributed by atoms with E-state index in [9.17, 15) is 4.79 Å². The normalized spacial score (nSPS) is 13.6. The molecule has 0 aliphatic carbocycles. The maximum atomic E-state index is 13.9. The van der Waals surface area contributed by atoms with Crippen molar-refractivity contribution in [3.8, 4) is 22.7 Å². The molecule has 5 rings (SSSR count). The number of ether oxygens (including phenoxy) is 1. The third-order valence-electron chi connectivity index (χ3n) is 6.88. The maximum Gasteiger partial charge on any atom is 0.272 e. The molecular weight excluding hydrogens is 484 g/mol. The minimum absolute atomic E-state index is 0.0553. The molecule has 0 saturated carbocycles. The third-order valence-corrected chi connectivity index (χ3v) is 7.20. The fourth-order valence-corrected chi connectivity index (χ4v) is 4.91. The van der Waals surface area contributed by atoms with Gasteiger partial charge in [-0.2, -0.15) is 5.10 Å². The Morgan fingerprint density at radius 2 is 1.59 bits per heavy atom. The molecule has 0 radical (unpaired) electrons. The number of aryl methyl sites for hydroxylation is 2. The van der Waals surface area contributed by atoms with Crippen LogP contribution in [0.25, 0.3) is 16.9 Å². The number of benzene rings is 3. The molecule has 1 amide bonds. The fraction of sp³-hybridized carbons (Fsp3) is 0.267. The first-order chi connectivity index (χ1) is 18.0. The van der Waals surface area contributed by atoms with Gasteiger partial charge in [-0.15, -0.1) is 0 Å². The predicted molar refractivity (Wildman–Crippen MR) is 149 cm³/mol. The number of halogens is 1. The number of nitrogens with zero attached hydrogens (tertiary/aromatic N) is 4. The van der Waals surface area contributed by atoms with E-state index in [0.29, 0.717) is 36.1 Å². The van der Waals surface area contributed by atoms with E-state index in [1.165, 1.54) is 11.1 Å². The SMILES string of the molecule is CCOc1ccccc1N1CCN(C(=O)c2cc(-c3ccc(C)c(C)c3)nn2-c2ccccc2Cl)CC1. The van der Waals surface area contributed by atoms with Gasteiger partial charge in [-0.05, 0) is 68.3 Å². The molecule has 1 saturated heterocycles. The monoisotopic (exact) mass is 514 g/mol. The van der Waals surface area contributed by atoms with Gasteiger partial charge in [0.2, 0.25) is 0 Å². The first-order valence-electron chi connectivity index (χ1n) is 12.6.